The molecule has 5 atom stereocenters. The highest BCUT2D eigenvalue weighted by Gasteiger charge is 2.35. The average Bonchev–Trinajstić information content (AvgIpc) is 3.08. The summed E-state index contributed by atoms with van der Waals surface area (Å²) < 4.78 is 28.3. The summed E-state index contributed by atoms with van der Waals surface area (Å²) in [6, 6.07) is 7.21. The van der Waals surface area contributed by atoms with E-state index < -0.39 is 57.8 Å². The minimum atomic E-state index is -3.84. The molecule has 1 aromatic carbocycles. The summed E-state index contributed by atoms with van der Waals surface area (Å²) in [6.07, 6.45) is 15.6. The number of carbonyl (C=O) groups excluding carboxylic acids is 2. The molecule has 0 aliphatic heterocycles. The van der Waals surface area contributed by atoms with E-state index in [0.717, 1.165) is 50.8 Å². The molecule has 10 nitrogen and oxygen atoms in total. The number of unbranched alkanes of at least 4 members (excludes halogenated alkanes) is 1. The number of terminal acetylenes is 2. The topological polar surface area (TPSA) is 139 Å². The van der Waals surface area contributed by atoms with Gasteiger partial charge in [0.15, 0.2) is 0 Å². The fourth-order valence-corrected chi connectivity index (χ4v) is 7.68. The Morgan fingerprint density at radius 1 is 0.979 bits per heavy atom. The number of aliphatic hydroxyl groups excluding tert-OH is 2. The van der Waals surface area contributed by atoms with Gasteiger partial charge in [0.1, 0.15) is 6.04 Å². The summed E-state index contributed by atoms with van der Waals surface area (Å²) in [5.74, 6) is 2.62. The molecule has 5 unspecified atom stereocenters. The summed E-state index contributed by atoms with van der Waals surface area (Å²) in [7, 11) is -2.32. The summed E-state index contributed by atoms with van der Waals surface area (Å²) in [5, 5.41) is 27.6. The lowest BCUT2D eigenvalue weighted by molar-refractivity contribution is -0.132. The van der Waals surface area contributed by atoms with Crippen molar-refractivity contribution in [2.45, 2.75) is 109 Å². The molecule has 4 N–H and O–H groups in total. The number of nitrogens with zero attached hydrogens (tertiary/aromatic N) is 2. The molecule has 1 aliphatic rings. The fraction of sp³-hybridized carbons (Fsp3) is 0.676. The standard InChI is InChI=1S/C37H58N4O6S/c1-6-10-13-23-34(42)35(43)33(27-30-21-16-12-17-22-30)39-37(45)32(18-7-2)38-36(44)31(26-29-19-14-11-15-20-29)28-48(46,47)40(5)24-25-41(8-3)9-4/h1-2,11,14-15,19-20,30-35,42-43H,8-10,12-13,16-18,21-28H2,3-5H3,(H,38,44)(H,39,45). The molecule has 1 fully saturated rings. The quantitative estimate of drug-likeness (QED) is 0.109. The van der Waals surface area contributed by atoms with E-state index in [2.05, 4.69) is 27.4 Å². The summed E-state index contributed by atoms with van der Waals surface area (Å²) >= 11 is 0. The van der Waals surface area contributed by atoms with Crippen LogP contribution in [0, 0.1) is 36.5 Å². The maximum absolute atomic E-state index is 13.8. The van der Waals surface area contributed by atoms with Crippen LogP contribution >= 0.6 is 0 Å². The van der Waals surface area contributed by atoms with Crippen molar-refractivity contribution < 1.29 is 28.2 Å². The zero-order chi connectivity index (χ0) is 35.5. The Morgan fingerprint density at radius 3 is 2.25 bits per heavy atom. The van der Waals surface area contributed by atoms with Gasteiger partial charge in [0.05, 0.1) is 29.9 Å². The van der Waals surface area contributed by atoms with Crippen molar-refractivity contribution in [3.8, 4) is 24.7 Å². The Kier molecular flexibility index (Phi) is 18.8. The molecule has 48 heavy (non-hydrogen) atoms. The first-order chi connectivity index (χ1) is 22.9. The van der Waals surface area contributed by atoms with Gasteiger partial charge in [-0.15, -0.1) is 24.7 Å². The van der Waals surface area contributed by atoms with Gasteiger partial charge < -0.3 is 25.7 Å². The maximum Gasteiger partial charge on any atom is 0.243 e. The molecule has 1 saturated carbocycles. The van der Waals surface area contributed by atoms with E-state index in [0.29, 0.717) is 25.8 Å². The highest BCUT2D eigenvalue weighted by Crippen LogP contribution is 2.29. The third kappa shape index (κ3) is 14.3. The molecule has 0 bridgehead atoms. The zero-order valence-electron chi connectivity index (χ0n) is 29.1. The van der Waals surface area contributed by atoms with Crippen LogP contribution in [-0.2, 0) is 26.0 Å². The van der Waals surface area contributed by atoms with Crippen LogP contribution < -0.4 is 10.6 Å². The van der Waals surface area contributed by atoms with Crippen molar-refractivity contribution in [1.82, 2.24) is 19.8 Å². The second kappa shape index (κ2) is 21.9. The highest BCUT2D eigenvalue weighted by molar-refractivity contribution is 7.89. The van der Waals surface area contributed by atoms with Gasteiger partial charge in [0, 0.05) is 33.0 Å². The first-order valence-corrected chi connectivity index (χ1v) is 19.1. The molecule has 11 heteroatoms. The number of rotatable bonds is 22. The van der Waals surface area contributed by atoms with Crippen molar-refractivity contribution in [3.63, 3.8) is 0 Å². The number of hydrogen-bond donors (Lipinski definition) is 4. The van der Waals surface area contributed by atoms with Gasteiger partial charge in [0.25, 0.3) is 0 Å². The van der Waals surface area contributed by atoms with Crippen LogP contribution in [-0.4, -0.2) is 103 Å². The Balaban J connectivity index is 2.26. The number of aliphatic hydroxyl groups is 2. The largest absolute Gasteiger partial charge is 0.390 e. The van der Waals surface area contributed by atoms with Crippen LogP contribution in [0.15, 0.2) is 30.3 Å². The number of benzene rings is 1. The van der Waals surface area contributed by atoms with Gasteiger partial charge in [-0.3, -0.25) is 9.59 Å². The Hall–Kier alpha value is -2.93. The molecule has 0 saturated heterocycles. The van der Waals surface area contributed by atoms with Crippen LogP contribution in [0.25, 0.3) is 0 Å². The normalized spacial score (nSPS) is 17.1. The molecule has 268 valence electrons. The lowest BCUT2D eigenvalue weighted by atomic mass is 9.82. The molecule has 0 radical (unpaired) electrons. The predicted molar refractivity (Wildman–Crippen MR) is 191 cm³/mol. The molecule has 1 aromatic rings. The molecular formula is C37H58N4O6S. The molecule has 0 spiro atoms. The van der Waals surface area contributed by atoms with E-state index in [9.17, 15) is 28.2 Å². The van der Waals surface area contributed by atoms with Crippen molar-refractivity contribution in [2.75, 3.05) is 39.0 Å². The number of nitrogens with one attached hydrogen (secondary N) is 2. The Bertz CT molecular complexity index is 1280. The van der Waals surface area contributed by atoms with Crippen molar-refractivity contribution in [2.24, 2.45) is 11.8 Å². The lowest BCUT2D eigenvalue weighted by Gasteiger charge is -2.33. The van der Waals surface area contributed by atoms with Gasteiger partial charge in [-0.2, -0.15) is 0 Å². The Morgan fingerprint density at radius 2 is 1.65 bits per heavy atom. The second-order valence-electron chi connectivity index (χ2n) is 13.0. The second-order valence-corrected chi connectivity index (χ2v) is 15.1. The summed E-state index contributed by atoms with van der Waals surface area (Å²) in [5.41, 5.74) is 0.783. The van der Waals surface area contributed by atoms with Crippen LogP contribution in [0.2, 0.25) is 0 Å². The van der Waals surface area contributed by atoms with E-state index in [-0.39, 0.29) is 31.7 Å². The number of likely N-dealkylation sites (N-methyl/N-ethyl adjacent to an activating group) is 2. The van der Waals surface area contributed by atoms with Crippen molar-refractivity contribution >= 4 is 21.8 Å². The molecular weight excluding hydrogens is 628 g/mol. The first-order valence-electron chi connectivity index (χ1n) is 17.5. The van der Waals surface area contributed by atoms with Crippen molar-refractivity contribution in [1.29, 1.82) is 0 Å². The van der Waals surface area contributed by atoms with Crippen LogP contribution in [0.5, 0.6) is 0 Å². The maximum atomic E-state index is 13.8. The summed E-state index contributed by atoms with van der Waals surface area (Å²) in [4.78, 5) is 29.7. The van der Waals surface area contributed by atoms with E-state index in [1.165, 1.54) is 11.4 Å². The molecule has 0 heterocycles. The minimum absolute atomic E-state index is 0.136. The van der Waals surface area contributed by atoms with Gasteiger partial charge in [-0.1, -0.05) is 76.3 Å². The van der Waals surface area contributed by atoms with Crippen molar-refractivity contribution in [3.05, 3.63) is 35.9 Å². The van der Waals surface area contributed by atoms with E-state index >= 15 is 0 Å². The number of carbonyl (C=O) groups is 2. The fourth-order valence-electron chi connectivity index (χ4n) is 6.29. The van der Waals surface area contributed by atoms with E-state index in [4.69, 9.17) is 12.8 Å². The minimum Gasteiger partial charge on any atom is -0.390 e. The number of sulfonamides is 1. The highest BCUT2D eigenvalue weighted by atomic mass is 32.2. The van der Waals surface area contributed by atoms with Gasteiger partial charge in [-0.05, 0) is 50.3 Å². The third-order valence-electron chi connectivity index (χ3n) is 9.43. The zero-order valence-corrected chi connectivity index (χ0v) is 30.0. The summed E-state index contributed by atoms with van der Waals surface area (Å²) in [6.45, 7) is 6.48. The van der Waals surface area contributed by atoms with E-state index in [1.807, 2.05) is 44.2 Å². The van der Waals surface area contributed by atoms with Gasteiger partial charge >= 0.3 is 0 Å². The molecule has 2 amide bonds. The third-order valence-corrected chi connectivity index (χ3v) is 11.4. The average molecular weight is 687 g/mol. The van der Waals surface area contributed by atoms with Crippen LogP contribution in [0.3, 0.4) is 0 Å². The number of amides is 2. The van der Waals surface area contributed by atoms with E-state index in [1.54, 1.807) is 0 Å². The Labute approximate surface area is 289 Å². The first kappa shape index (κ1) is 41.2. The number of hydrogen-bond acceptors (Lipinski definition) is 7. The predicted octanol–water partition coefficient (Wildman–Crippen LogP) is 2.94. The molecule has 1 aliphatic carbocycles. The van der Waals surface area contributed by atoms with Crippen LogP contribution in [0.4, 0.5) is 0 Å². The van der Waals surface area contributed by atoms with Gasteiger partial charge in [0.2, 0.25) is 21.8 Å². The molecule has 0 aromatic heterocycles. The van der Waals surface area contributed by atoms with Crippen LogP contribution in [0.1, 0.15) is 83.6 Å². The monoisotopic (exact) mass is 686 g/mol. The van der Waals surface area contributed by atoms with Gasteiger partial charge in [-0.25, -0.2) is 12.7 Å². The molecule has 2 rings (SSSR count). The smallest absolute Gasteiger partial charge is 0.243 e. The SMILES string of the molecule is C#CCCCC(O)C(O)C(CC1CCCCC1)NC(=O)C(CC#C)NC(=O)C(Cc1ccccc1)CS(=O)(=O)N(C)CCN(CC)CC. The lowest BCUT2D eigenvalue weighted by Crippen LogP contribution is -2.56.